The van der Waals surface area contributed by atoms with Crippen molar-refractivity contribution in [1.29, 1.82) is 0 Å². The lowest BCUT2D eigenvalue weighted by atomic mass is 9.92. The molecule has 0 aliphatic rings. The average molecular weight is 1040 g/mol. The first kappa shape index (κ1) is 55.4. The topological polar surface area (TPSA) is 141 Å². The van der Waals surface area contributed by atoms with Crippen LogP contribution in [0.2, 0.25) is 20.1 Å². The molecule has 16 heteroatoms. The summed E-state index contributed by atoms with van der Waals surface area (Å²) in [4.78, 5) is 39.4. The maximum Gasteiger partial charge on any atom is 0.408 e. The van der Waals surface area contributed by atoms with Crippen molar-refractivity contribution < 1.29 is 28.6 Å². The van der Waals surface area contributed by atoms with E-state index >= 15 is 0 Å². The molecule has 0 spiro atoms. The van der Waals surface area contributed by atoms with Gasteiger partial charge in [-0.1, -0.05) is 94.9 Å². The van der Waals surface area contributed by atoms with Crippen LogP contribution in [0.5, 0.6) is 11.5 Å². The molecule has 360 valence electrons. The molecule has 6 rings (SSSR count). The molecule has 0 bridgehead atoms. The van der Waals surface area contributed by atoms with Crippen LogP contribution >= 0.6 is 69.6 Å². The van der Waals surface area contributed by atoms with E-state index in [-0.39, 0.29) is 17.2 Å². The van der Waals surface area contributed by atoms with Crippen LogP contribution in [0.3, 0.4) is 0 Å². The minimum atomic E-state index is -0.701. The Bertz CT molecular complexity index is 2580. The van der Waals surface area contributed by atoms with Crippen LogP contribution in [0, 0.1) is 13.8 Å². The summed E-state index contributed by atoms with van der Waals surface area (Å²) in [6, 6.07) is 37.0. The second-order valence-electron chi connectivity index (χ2n) is 16.2. The van der Waals surface area contributed by atoms with Crippen molar-refractivity contribution in [1.82, 2.24) is 16.0 Å². The van der Waals surface area contributed by atoms with E-state index in [4.69, 9.17) is 89.5 Å². The summed E-state index contributed by atoms with van der Waals surface area (Å²) in [6.07, 6.45) is -0.615. The number of alkyl carbamates (subject to hydrolysis) is 1. The van der Waals surface area contributed by atoms with Gasteiger partial charge in [0.1, 0.15) is 17.1 Å². The molecule has 5 N–H and O–H groups in total. The van der Waals surface area contributed by atoms with E-state index in [0.717, 1.165) is 33.4 Å². The van der Waals surface area contributed by atoms with E-state index in [1.807, 2.05) is 56.3 Å². The first-order chi connectivity index (χ1) is 32.3. The zero-order valence-electron chi connectivity index (χ0n) is 38.5. The van der Waals surface area contributed by atoms with E-state index in [2.05, 4.69) is 16.0 Å². The van der Waals surface area contributed by atoms with Gasteiger partial charge < -0.3 is 35.9 Å². The number of rotatable bonds is 13. The second-order valence-corrected chi connectivity index (χ2v) is 18.8. The van der Waals surface area contributed by atoms with Crippen molar-refractivity contribution >= 4 is 87.5 Å². The highest BCUT2D eigenvalue weighted by atomic mass is 35.5. The predicted molar refractivity (Wildman–Crippen MR) is 277 cm³/mol. The molecule has 6 aromatic carbocycles. The predicted octanol–water partition coefficient (Wildman–Crippen LogP) is 14.0. The Morgan fingerprint density at radius 1 is 0.515 bits per heavy atom. The van der Waals surface area contributed by atoms with Gasteiger partial charge in [-0.2, -0.15) is 0 Å². The zero-order valence-corrected chi connectivity index (χ0v) is 43.0. The normalized spacial score (nSPS) is 12.6. The Morgan fingerprint density at radius 2 is 0.824 bits per heavy atom. The number of nitrogens with two attached hydrogens (primary N) is 1. The lowest BCUT2D eigenvalue weighted by Crippen LogP contribution is -2.42. The minimum Gasteiger partial charge on any atom is -0.497 e. The summed E-state index contributed by atoms with van der Waals surface area (Å²) in [5.41, 5.74) is 11.7. The number of aryl methyl sites for hydroxylation is 2. The van der Waals surface area contributed by atoms with Crippen molar-refractivity contribution in [3.8, 4) is 11.5 Å². The fourth-order valence-corrected chi connectivity index (χ4v) is 7.40. The molecule has 0 saturated carbocycles. The number of benzene rings is 6. The fourth-order valence-electron chi connectivity index (χ4n) is 6.89. The quantitative estimate of drug-likeness (QED) is 0.0844. The highest BCUT2D eigenvalue weighted by Crippen LogP contribution is 2.33. The molecule has 10 nitrogen and oxygen atoms in total. The molecule has 0 aromatic heterocycles. The number of hydrogen-bond donors (Lipinski definition) is 4. The van der Waals surface area contributed by atoms with Gasteiger partial charge in [0, 0.05) is 31.2 Å². The molecule has 4 atom stereocenters. The summed E-state index contributed by atoms with van der Waals surface area (Å²) >= 11 is 33.8. The van der Waals surface area contributed by atoms with Crippen molar-refractivity contribution in [2.45, 2.75) is 64.4 Å². The number of ether oxygens (including phenoxy) is 3. The Balaban J connectivity index is 0.000000286. The third-order valence-electron chi connectivity index (χ3n) is 10.2. The lowest BCUT2D eigenvalue weighted by Gasteiger charge is -2.31. The van der Waals surface area contributed by atoms with Crippen LogP contribution in [0.1, 0.15) is 99.0 Å². The van der Waals surface area contributed by atoms with E-state index in [9.17, 15) is 14.4 Å². The van der Waals surface area contributed by atoms with Gasteiger partial charge in [0.2, 0.25) is 0 Å². The number of amides is 3. The lowest BCUT2D eigenvalue weighted by molar-refractivity contribution is 0.0487. The van der Waals surface area contributed by atoms with Gasteiger partial charge in [0.15, 0.2) is 0 Å². The van der Waals surface area contributed by atoms with Gasteiger partial charge in [-0.15, -0.1) is 23.2 Å². The molecule has 0 aliphatic carbocycles. The monoisotopic (exact) mass is 1040 g/mol. The molecule has 68 heavy (non-hydrogen) atoms. The smallest absolute Gasteiger partial charge is 0.408 e. The SMILES string of the molecule is COc1ccc(C(=O)N[C@@H](c2ccc(Cl)cc2)[C@H](N)c2ccc(Cl)cc2)c(C)c1.COc1ccc(C(=O)N[C@@H](c2ccc(Cl)cc2)[C@H](NC(=O)OC(C)(C)C)c2ccc(Cl)cc2)c(C)c1.ClCCl. The molecule has 6 aromatic rings. The van der Waals surface area contributed by atoms with Crippen LogP contribution in [0.25, 0.3) is 0 Å². The minimum absolute atomic E-state index is 0.194. The van der Waals surface area contributed by atoms with Crippen LogP contribution in [0.15, 0.2) is 133 Å². The molecular formula is C52H54Cl6N4O6. The summed E-state index contributed by atoms with van der Waals surface area (Å²) < 4.78 is 16.0. The molecule has 0 aliphatic heterocycles. The van der Waals surface area contributed by atoms with Gasteiger partial charge in [-0.05, 0) is 153 Å². The highest BCUT2D eigenvalue weighted by molar-refractivity contribution is 6.40. The molecule has 3 amide bonds. The van der Waals surface area contributed by atoms with E-state index in [1.165, 1.54) is 0 Å². The third-order valence-corrected chi connectivity index (χ3v) is 11.2. The number of carbonyl (C=O) groups excluding carboxylic acids is 3. The van der Waals surface area contributed by atoms with Gasteiger partial charge in [0.25, 0.3) is 11.8 Å². The molecule has 0 heterocycles. The number of methoxy groups -OCH3 is 2. The van der Waals surface area contributed by atoms with Crippen LogP contribution < -0.4 is 31.2 Å². The molecule has 0 saturated heterocycles. The van der Waals surface area contributed by atoms with Crippen molar-refractivity contribution in [3.63, 3.8) is 0 Å². The number of halogens is 6. The highest BCUT2D eigenvalue weighted by Gasteiger charge is 2.31. The van der Waals surface area contributed by atoms with E-state index in [1.54, 1.807) is 126 Å². The molecule has 0 unspecified atom stereocenters. The Hall–Kier alpha value is -5.17. The van der Waals surface area contributed by atoms with Crippen LogP contribution in [-0.2, 0) is 4.74 Å². The summed E-state index contributed by atoms with van der Waals surface area (Å²) in [6.45, 7) is 9.07. The zero-order chi connectivity index (χ0) is 50.1. The molecular weight excluding hydrogens is 989 g/mol. The summed E-state index contributed by atoms with van der Waals surface area (Å²) in [5.74, 6) is 0.838. The van der Waals surface area contributed by atoms with Crippen LogP contribution in [-0.4, -0.2) is 43.1 Å². The van der Waals surface area contributed by atoms with Gasteiger partial charge in [0.05, 0.1) is 43.7 Å². The summed E-state index contributed by atoms with van der Waals surface area (Å²) in [5, 5.41) is 11.7. The summed E-state index contributed by atoms with van der Waals surface area (Å²) in [7, 11) is 3.17. The van der Waals surface area contributed by atoms with Crippen molar-refractivity contribution in [2.75, 3.05) is 19.6 Å². The number of nitrogens with one attached hydrogen (secondary N) is 3. The first-order valence-corrected chi connectivity index (χ1v) is 23.6. The number of carbonyl (C=O) groups is 3. The van der Waals surface area contributed by atoms with Gasteiger partial charge in [-0.25, -0.2) is 4.79 Å². The molecule has 0 radical (unpaired) electrons. The maximum atomic E-state index is 13.5. The average Bonchev–Trinajstić information content (AvgIpc) is 3.30. The first-order valence-electron chi connectivity index (χ1n) is 21.1. The third kappa shape index (κ3) is 16.8. The van der Waals surface area contributed by atoms with Crippen molar-refractivity contribution in [3.05, 3.63) is 198 Å². The largest absolute Gasteiger partial charge is 0.497 e. The maximum absolute atomic E-state index is 13.5. The fraction of sp³-hybridized carbons (Fsp3) is 0.250. The van der Waals surface area contributed by atoms with Crippen molar-refractivity contribution in [2.24, 2.45) is 5.73 Å². The number of hydrogen-bond acceptors (Lipinski definition) is 7. The van der Waals surface area contributed by atoms with Crippen LogP contribution in [0.4, 0.5) is 4.79 Å². The Morgan fingerprint density at radius 3 is 1.15 bits per heavy atom. The Labute approximate surface area is 428 Å². The number of alkyl halides is 2. The van der Waals surface area contributed by atoms with Gasteiger partial charge in [-0.3, -0.25) is 9.59 Å². The second kappa shape index (κ2) is 26.5. The standard InChI is InChI=1S/C28H30Cl2N2O4.C23H22Cl2N2O2.CH2Cl2/c1-17-16-22(35-5)14-15-23(17)26(33)31-24(18-6-10-20(29)11-7-18)25(19-8-12-21(30)13-9-19)32-27(34)36-28(2,3)4;1-14-13-19(29-2)11-12-20(14)23(28)27-22(16-5-9-18(25)10-6-16)21(26)15-3-7-17(24)8-4-15;2-1-3/h6-16,24-25H,1-5H3,(H,31,33)(H,32,34);3-13,21-22H,26H2,1-2H3,(H,27,28);1H2/t24-,25+;21-,22+;/m01./s1. The van der Waals surface area contributed by atoms with E-state index < -0.39 is 35.9 Å². The Kier molecular flexibility index (Phi) is 21.6. The molecule has 0 fully saturated rings. The van der Waals surface area contributed by atoms with E-state index in [0.29, 0.717) is 42.7 Å². The van der Waals surface area contributed by atoms with Gasteiger partial charge >= 0.3 is 6.09 Å².